The summed E-state index contributed by atoms with van der Waals surface area (Å²) in [4.78, 5) is 8.73. The maximum atomic E-state index is 5.69. The Kier molecular flexibility index (Phi) is 10.9. The number of ether oxygens (including phenoxy) is 2. The fourth-order valence-electron chi connectivity index (χ4n) is 2.29. The molecule has 0 aliphatic rings. The summed E-state index contributed by atoms with van der Waals surface area (Å²) in [6.45, 7) is 8.12. The van der Waals surface area contributed by atoms with Gasteiger partial charge in [-0.15, -0.1) is 24.0 Å². The molecule has 2 aromatic rings. The quantitative estimate of drug-likeness (QED) is 0.248. The number of rotatable bonds is 9. The number of hydrogen-bond donors (Lipinski definition) is 2. The van der Waals surface area contributed by atoms with Crippen molar-refractivity contribution < 1.29 is 9.47 Å². The Morgan fingerprint density at radius 3 is 2.81 bits per heavy atom. The minimum absolute atomic E-state index is 0. The summed E-state index contributed by atoms with van der Waals surface area (Å²) >= 11 is 0. The summed E-state index contributed by atoms with van der Waals surface area (Å²) in [6, 6.07) is 11.7. The number of guanidine groups is 1. The number of methoxy groups -OCH3 is 1. The number of aliphatic imine (C=N–C) groups is 1. The average Bonchev–Trinajstić information content (AvgIpc) is 2.69. The lowest BCUT2D eigenvalue weighted by Crippen LogP contribution is -2.36. The Morgan fingerprint density at radius 2 is 2.07 bits per heavy atom. The smallest absolute Gasteiger partial charge is 0.213 e. The number of para-hydroxylation sites is 1. The first kappa shape index (κ1) is 22.8. The van der Waals surface area contributed by atoms with Crippen molar-refractivity contribution in [1.82, 2.24) is 15.6 Å². The van der Waals surface area contributed by atoms with Gasteiger partial charge in [0.05, 0.1) is 13.7 Å². The largest absolute Gasteiger partial charge is 0.489 e. The standard InChI is InChI=1S/C20H26N4O2.HI/c1-4-12-26-18-9-7-6-8-17(18)15-24-20(21-5-2)23-14-16-10-11-22-19(13-16)25-3;/h4,6-11,13H,1,5,12,14-15H2,2-3H3,(H2,21,23,24);1H. The molecule has 1 aromatic heterocycles. The van der Waals surface area contributed by atoms with E-state index < -0.39 is 0 Å². The molecule has 0 fully saturated rings. The summed E-state index contributed by atoms with van der Waals surface area (Å²) in [5.41, 5.74) is 2.09. The first-order valence-electron chi connectivity index (χ1n) is 8.59. The van der Waals surface area contributed by atoms with Gasteiger partial charge in [0.1, 0.15) is 12.4 Å². The maximum absolute atomic E-state index is 5.69. The average molecular weight is 482 g/mol. The Bertz CT molecular complexity index is 737. The van der Waals surface area contributed by atoms with Crippen LogP contribution in [0.15, 0.2) is 60.2 Å². The van der Waals surface area contributed by atoms with Crippen LogP contribution in [0.25, 0.3) is 0 Å². The lowest BCUT2D eigenvalue weighted by atomic mass is 10.2. The van der Waals surface area contributed by atoms with Crippen LogP contribution in [0.3, 0.4) is 0 Å². The Balaban J connectivity index is 0.00000364. The normalized spacial score (nSPS) is 10.5. The zero-order valence-corrected chi connectivity index (χ0v) is 18.1. The Morgan fingerprint density at radius 1 is 1.26 bits per heavy atom. The van der Waals surface area contributed by atoms with E-state index in [9.17, 15) is 0 Å². The maximum Gasteiger partial charge on any atom is 0.213 e. The van der Waals surface area contributed by atoms with Crippen LogP contribution >= 0.6 is 24.0 Å². The van der Waals surface area contributed by atoms with Crippen LogP contribution in [0.2, 0.25) is 0 Å². The molecule has 0 saturated heterocycles. The van der Waals surface area contributed by atoms with Crippen molar-refractivity contribution in [2.45, 2.75) is 20.0 Å². The minimum Gasteiger partial charge on any atom is -0.489 e. The summed E-state index contributed by atoms with van der Waals surface area (Å²) < 4.78 is 10.8. The first-order chi connectivity index (χ1) is 12.8. The monoisotopic (exact) mass is 482 g/mol. The molecule has 0 unspecified atom stereocenters. The predicted octanol–water partition coefficient (Wildman–Crippen LogP) is 3.53. The second-order valence-corrected chi connectivity index (χ2v) is 5.46. The van der Waals surface area contributed by atoms with Crippen molar-refractivity contribution >= 4 is 29.9 Å². The number of nitrogens with one attached hydrogen (secondary N) is 2. The number of pyridine rings is 1. The number of aromatic nitrogens is 1. The molecular formula is C20H27IN4O2. The van der Waals surface area contributed by atoms with E-state index >= 15 is 0 Å². The summed E-state index contributed by atoms with van der Waals surface area (Å²) in [6.07, 6.45) is 3.45. The van der Waals surface area contributed by atoms with E-state index in [-0.39, 0.29) is 24.0 Å². The number of nitrogens with zero attached hydrogens (tertiary/aromatic N) is 2. The Hall–Kier alpha value is -2.29. The fraction of sp³-hybridized carbons (Fsp3) is 0.300. The molecule has 2 N–H and O–H groups in total. The van der Waals surface area contributed by atoms with Gasteiger partial charge in [0.25, 0.3) is 0 Å². The van der Waals surface area contributed by atoms with Gasteiger partial charge in [0, 0.05) is 30.9 Å². The second kappa shape index (κ2) is 13.0. The van der Waals surface area contributed by atoms with Gasteiger partial charge < -0.3 is 20.1 Å². The molecular weight excluding hydrogens is 455 g/mol. The van der Waals surface area contributed by atoms with E-state index in [0.29, 0.717) is 25.6 Å². The summed E-state index contributed by atoms with van der Waals surface area (Å²) in [5, 5.41) is 6.59. The molecule has 0 bridgehead atoms. The van der Waals surface area contributed by atoms with Gasteiger partial charge in [-0.1, -0.05) is 30.9 Å². The van der Waals surface area contributed by atoms with Crippen LogP contribution in [-0.2, 0) is 13.1 Å². The highest BCUT2D eigenvalue weighted by atomic mass is 127. The molecule has 0 aliphatic heterocycles. The van der Waals surface area contributed by atoms with Gasteiger partial charge in [-0.25, -0.2) is 9.98 Å². The van der Waals surface area contributed by atoms with Crippen molar-refractivity contribution in [1.29, 1.82) is 0 Å². The number of benzene rings is 1. The zero-order chi connectivity index (χ0) is 18.6. The zero-order valence-electron chi connectivity index (χ0n) is 15.8. The first-order valence-corrected chi connectivity index (χ1v) is 8.59. The van der Waals surface area contributed by atoms with Crippen LogP contribution in [0.4, 0.5) is 0 Å². The van der Waals surface area contributed by atoms with Crippen LogP contribution in [0.5, 0.6) is 11.6 Å². The molecule has 2 rings (SSSR count). The Labute approximate surface area is 178 Å². The molecule has 0 saturated carbocycles. The van der Waals surface area contributed by atoms with Crippen LogP contribution < -0.4 is 20.1 Å². The van der Waals surface area contributed by atoms with Crippen LogP contribution in [-0.4, -0.2) is 31.2 Å². The van der Waals surface area contributed by atoms with Gasteiger partial charge in [-0.05, 0) is 24.6 Å². The highest BCUT2D eigenvalue weighted by molar-refractivity contribution is 14.0. The van der Waals surface area contributed by atoms with Gasteiger partial charge in [-0.3, -0.25) is 0 Å². The molecule has 146 valence electrons. The molecule has 0 amide bonds. The molecule has 6 nitrogen and oxygen atoms in total. The van der Waals surface area contributed by atoms with Crippen molar-refractivity contribution in [3.63, 3.8) is 0 Å². The van der Waals surface area contributed by atoms with Crippen molar-refractivity contribution in [3.05, 3.63) is 66.4 Å². The predicted molar refractivity (Wildman–Crippen MR) is 120 cm³/mol. The third kappa shape index (κ3) is 7.86. The molecule has 1 aromatic carbocycles. The third-order valence-corrected chi connectivity index (χ3v) is 3.55. The van der Waals surface area contributed by atoms with Crippen molar-refractivity contribution in [2.75, 3.05) is 20.3 Å². The molecule has 1 heterocycles. The van der Waals surface area contributed by atoms with E-state index in [1.807, 2.05) is 43.3 Å². The van der Waals surface area contributed by atoms with E-state index in [1.165, 1.54) is 0 Å². The number of hydrogen-bond acceptors (Lipinski definition) is 4. The summed E-state index contributed by atoms with van der Waals surface area (Å²) in [7, 11) is 1.60. The molecule has 0 spiro atoms. The van der Waals surface area contributed by atoms with E-state index in [2.05, 4.69) is 27.2 Å². The SMILES string of the molecule is C=CCOc1ccccc1CNC(=NCc1ccnc(OC)c1)NCC.I. The third-order valence-electron chi connectivity index (χ3n) is 3.55. The topological polar surface area (TPSA) is 67.8 Å². The second-order valence-electron chi connectivity index (χ2n) is 5.46. The molecule has 0 atom stereocenters. The number of halogens is 1. The lowest BCUT2D eigenvalue weighted by molar-refractivity contribution is 0.358. The van der Waals surface area contributed by atoms with E-state index in [4.69, 9.17) is 9.47 Å². The van der Waals surface area contributed by atoms with Gasteiger partial charge in [-0.2, -0.15) is 0 Å². The van der Waals surface area contributed by atoms with Crippen molar-refractivity contribution in [3.8, 4) is 11.6 Å². The highest BCUT2D eigenvalue weighted by Crippen LogP contribution is 2.17. The molecule has 0 aliphatic carbocycles. The fourth-order valence-corrected chi connectivity index (χ4v) is 2.29. The lowest BCUT2D eigenvalue weighted by Gasteiger charge is -2.14. The highest BCUT2D eigenvalue weighted by Gasteiger charge is 2.04. The van der Waals surface area contributed by atoms with Crippen LogP contribution in [0.1, 0.15) is 18.1 Å². The van der Waals surface area contributed by atoms with E-state index in [1.54, 1.807) is 19.4 Å². The van der Waals surface area contributed by atoms with Crippen LogP contribution in [0, 0.1) is 0 Å². The molecule has 0 radical (unpaired) electrons. The van der Waals surface area contributed by atoms with Gasteiger partial charge in [0.2, 0.25) is 5.88 Å². The van der Waals surface area contributed by atoms with Gasteiger partial charge in [0.15, 0.2) is 5.96 Å². The summed E-state index contributed by atoms with van der Waals surface area (Å²) in [5.74, 6) is 2.17. The van der Waals surface area contributed by atoms with Gasteiger partial charge >= 0.3 is 0 Å². The minimum atomic E-state index is 0. The van der Waals surface area contributed by atoms with Crippen molar-refractivity contribution in [2.24, 2.45) is 4.99 Å². The van der Waals surface area contributed by atoms with E-state index in [0.717, 1.165) is 29.4 Å². The molecule has 7 heteroatoms. The molecule has 27 heavy (non-hydrogen) atoms.